The third-order valence-electron chi connectivity index (χ3n) is 2.88. The second kappa shape index (κ2) is 3.22. The normalized spacial score (nSPS) is 24.1. The lowest BCUT2D eigenvalue weighted by Crippen LogP contribution is -2.46. The molecule has 0 bridgehead atoms. The second-order valence-corrected chi connectivity index (χ2v) is 4.03. The van der Waals surface area contributed by atoms with Crippen LogP contribution in [0.15, 0.2) is 18.2 Å². The average Bonchev–Trinajstić information content (AvgIpc) is 2.17. The van der Waals surface area contributed by atoms with Gasteiger partial charge in [-0.1, -0.05) is 6.07 Å². The van der Waals surface area contributed by atoms with Crippen LogP contribution >= 0.6 is 0 Å². The summed E-state index contributed by atoms with van der Waals surface area (Å²) in [5, 5.41) is 11.9. The molecule has 1 aromatic rings. The van der Waals surface area contributed by atoms with Gasteiger partial charge in [0.25, 0.3) is 0 Å². The second-order valence-electron chi connectivity index (χ2n) is 4.03. The van der Waals surface area contributed by atoms with Crippen molar-refractivity contribution in [3.8, 4) is 0 Å². The van der Waals surface area contributed by atoms with Crippen molar-refractivity contribution in [1.29, 1.82) is 0 Å². The SMILES string of the molecule is CC1(C(=O)O)CCc2c(F)cccc2N1. The number of carboxylic acid groups (broad SMARTS) is 1. The van der Waals surface area contributed by atoms with E-state index in [-0.39, 0.29) is 5.82 Å². The van der Waals surface area contributed by atoms with Crippen molar-refractivity contribution in [1.82, 2.24) is 0 Å². The van der Waals surface area contributed by atoms with E-state index < -0.39 is 11.5 Å². The van der Waals surface area contributed by atoms with Gasteiger partial charge in [0.05, 0.1) is 0 Å². The fraction of sp³-hybridized carbons (Fsp3) is 0.364. The van der Waals surface area contributed by atoms with E-state index in [1.54, 1.807) is 19.1 Å². The van der Waals surface area contributed by atoms with Gasteiger partial charge in [-0.15, -0.1) is 0 Å². The zero-order valence-corrected chi connectivity index (χ0v) is 8.38. The molecule has 0 aromatic heterocycles. The molecule has 4 heteroatoms. The third-order valence-corrected chi connectivity index (χ3v) is 2.88. The van der Waals surface area contributed by atoms with E-state index in [0.29, 0.717) is 24.1 Å². The van der Waals surface area contributed by atoms with Crippen molar-refractivity contribution in [3.63, 3.8) is 0 Å². The summed E-state index contributed by atoms with van der Waals surface area (Å²) in [5.74, 6) is -1.18. The Morgan fingerprint density at radius 1 is 1.60 bits per heavy atom. The number of rotatable bonds is 1. The highest BCUT2D eigenvalue weighted by atomic mass is 19.1. The Kier molecular flexibility index (Phi) is 2.14. The number of carboxylic acids is 1. The number of benzene rings is 1. The molecule has 2 N–H and O–H groups in total. The van der Waals surface area contributed by atoms with Gasteiger partial charge in [0, 0.05) is 11.3 Å². The van der Waals surface area contributed by atoms with Gasteiger partial charge in [-0.2, -0.15) is 0 Å². The predicted octanol–water partition coefficient (Wildman–Crippen LogP) is 2.03. The molecule has 0 saturated carbocycles. The molecule has 0 radical (unpaired) electrons. The molecule has 1 aliphatic heterocycles. The minimum atomic E-state index is -0.985. The van der Waals surface area contributed by atoms with E-state index in [2.05, 4.69) is 5.32 Å². The maximum absolute atomic E-state index is 13.3. The van der Waals surface area contributed by atoms with Gasteiger partial charge in [0.15, 0.2) is 0 Å². The largest absolute Gasteiger partial charge is 0.480 e. The zero-order chi connectivity index (χ0) is 11.1. The molecule has 15 heavy (non-hydrogen) atoms. The Balaban J connectivity index is 2.39. The quantitative estimate of drug-likeness (QED) is 0.744. The lowest BCUT2D eigenvalue weighted by molar-refractivity contribution is -0.142. The number of hydrogen-bond acceptors (Lipinski definition) is 2. The smallest absolute Gasteiger partial charge is 0.329 e. The van der Waals surface area contributed by atoms with Crippen LogP contribution in [-0.2, 0) is 11.2 Å². The number of fused-ring (bicyclic) bond motifs is 1. The zero-order valence-electron chi connectivity index (χ0n) is 8.38. The molecule has 1 unspecified atom stereocenters. The van der Waals surface area contributed by atoms with Crippen LogP contribution in [0.1, 0.15) is 18.9 Å². The minimum absolute atomic E-state index is 0.271. The first-order chi connectivity index (χ1) is 7.03. The van der Waals surface area contributed by atoms with E-state index in [4.69, 9.17) is 5.11 Å². The number of hydrogen-bond donors (Lipinski definition) is 2. The summed E-state index contributed by atoms with van der Waals surface area (Å²) in [4.78, 5) is 11.0. The monoisotopic (exact) mass is 209 g/mol. The third kappa shape index (κ3) is 1.56. The highest BCUT2D eigenvalue weighted by Crippen LogP contribution is 2.32. The molecule has 0 saturated heterocycles. The Morgan fingerprint density at radius 2 is 2.33 bits per heavy atom. The maximum Gasteiger partial charge on any atom is 0.329 e. The summed E-state index contributed by atoms with van der Waals surface area (Å²) >= 11 is 0. The van der Waals surface area contributed by atoms with Crippen molar-refractivity contribution in [2.75, 3.05) is 5.32 Å². The lowest BCUT2D eigenvalue weighted by atomic mass is 9.88. The summed E-state index contributed by atoms with van der Waals surface area (Å²) in [5.41, 5.74) is 0.184. The number of aliphatic carboxylic acids is 1. The first-order valence-electron chi connectivity index (χ1n) is 4.82. The molecular formula is C11H12FNO2. The topological polar surface area (TPSA) is 49.3 Å². The Bertz CT molecular complexity index is 419. The Hall–Kier alpha value is -1.58. The van der Waals surface area contributed by atoms with Gasteiger partial charge in [-0.05, 0) is 31.9 Å². The fourth-order valence-corrected chi connectivity index (χ4v) is 1.82. The highest BCUT2D eigenvalue weighted by Gasteiger charge is 2.36. The lowest BCUT2D eigenvalue weighted by Gasteiger charge is -2.33. The summed E-state index contributed by atoms with van der Waals surface area (Å²) in [6.45, 7) is 1.61. The first kappa shape index (κ1) is 9.96. The molecular weight excluding hydrogens is 197 g/mol. The van der Waals surface area contributed by atoms with Crippen molar-refractivity contribution in [3.05, 3.63) is 29.6 Å². The van der Waals surface area contributed by atoms with Gasteiger partial charge < -0.3 is 10.4 Å². The van der Waals surface area contributed by atoms with Crippen LogP contribution in [0, 0.1) is 5.82 Å². The summed E-state index contributed by atoms with van der Waals surface area (Å²) in [6, 6.07) is 4.68. The molecule has 2 rings (SSSR count). The Morgan fingerprint density at radius 3 is 3.00 bits per heavy atom. The van der Waals surface area contributed by atoms with Crippen LogP contribution in [-0.4, -0.2) is 16.6 Å². The maximum atomic E-state index is 13.3. The molecule has 1 aromatic carbocycles. The Labute approximate surface area is 86.9 Å². The first-order valence-corrected chi connectivity index (χ1v) is 4.82. The van der Waals surface area contributed by atoms with Crippen LogP contribution in [0.4, 0.5) is 10.1 Å². The van der Waals surface area contributed by atoms with E-state index in [0.717, 1.165) is 0 Å². The molecule has 3 nitrogen and oxygen atoms in total. The average molecular weight is 209 g/mol. The molecule has 1 aliphatic rings. The highest BCUT2D eigenvalue weighted by molar-refractivity contribution is 5.83. The summed E-state index contributed by atoms with van der Waals surface area (Å²) < 4.78 is 13.3. The van der Waals surface area contributed by atoms with Crippen LogP contribution < -0.4 is 5.32 Å². The standard InChI is InChI=1S/C11H12FNO2/c1-11(10(14)15)6-5-7-8(12)3-2-4-9(7)13-11/h2-4,13H,5-6H2,1H3,(H,14,15). The number of anilines is 1. The number of nitrogens with one attached hydrogen (secondary N) is 1. The molecule has 0 spiro atoms. The molecule has 1 atom stereocenters. The molecule has 0 aliphatic carbocycles. The number of halogens is 1. The number of carbonyl (C=O) groups is 1. The summed E-state index contributed by atoms with van der Waals surface area (Å²) in [7, 11) is 0. The molecule has 0 fully saturated rings. The van der Waals surface area contributed by atoms with Crippen molar-refractivity contribution < 1.29 is 14.3 Å². The molecule has 0 amide bonds. The van der Waals surface area contributed by atoms with Crippen LogP contribution in [0.3, 0.4) is 0 Å². The van der Waals surface area contributed by atoms with Gasteiger partial charge in [-0.3, -0.25) is 0 Å². The van der Waals surface area contributed by atoms with Crippen molar-refractivity contribution in [2.45, 2.75) is 25.3 Å². The van der Waals surface area contributed by atoms with Crippen LogP contribution in [0.25, 0.3) is 0 Å². The van der Waals surface area contributed by atoms with E-state index in [9.17, 15) is 9.18 Å². The van der Waals surface area contributed by atoms with E-state index in [1.807, 2.05) is 0 Å². The van der Waals surface area contributed by atoms with Gasteiger partial charge in [0.1, 0.15) is 11.4 Å². The summed E-state index contributed by atoms with van der Waals surface area (Å²) in [6.07, 6.45) is 0.855. The van der Waals surface area contributed by atoms with Crippen LogP contribution in [0.2, 0.25) is 0 Å². The van der Waals surface area contributed by atoms with Crippen molar-refractivity contribution >= 4 is 11.7 Å². The van der Waals surface area contributed by atoms with E-state index in [1.165, 1.54) is 6.07 Å². The van der Waals surface area contributed by atoms with E-state index >= 15 is 0 Å². The molecule has 1 heterocycles. The fourth-order valence-electron chi connectivity index (χ4n) is 1.82. The van der Waals surface area contributed by atoms with Gasteiger partial charge in [-0.25, -0.2) is 9.18 Å². The van der Waals surface area contributed by atoms with Crippen LogP contribution in [0.5, 0.6) is 0 Å². The van der Waals surface area contributed by atoms with Gasteiger partial charge in [0.2, 0.25) is 0 Å². The minimum Gasteiger partial charge on any atom is -0.480 e. The predicted molar refractivity (Wildman–Crippen MR) is 54.4 cm³/mol. The van der Waals surface area contributed by atoms with Gasteiger partial charge >= 0.3 is 5.97 Å². The molecule has 80 valence electrons. The van der Waals surface area contributed by atoms with Crippen molar-refractivity contribution in [2.24, 2.45) is 0 Å².